The molecule has 0 aliphatic carbocycles. The minimum atomic E-state index is -0.275. The zero-order chi connectivity index (χ0) is 23.5. The van der Waals surface area contributed by atoms with Crippen molar-refractivity contribution in [3.63, 3.8) is 0 Å². The minimum Gasteiger partial charge on any atom is -0.466 e. The molecule has 0 radical (unpaired) electrons. The second-order valence-electron chi connectivity index (χ2n) is 8.46. The Morgan fingerprint density at radius 2 is 1.88 bits per heavy atom. The molecule has 33 heavy (non-hydrogen) atoms. The molecule has 0 saturated carbocycles. The van der Waals surface area contributed by atoms with E-state index in [0.717, 1.165) is 29.7 Å². The van der Waals surface area contributed by atoms with Crippen LogP contribution in [0.2, 0.25) is 10.0 Å². The van der Waals surface area contributed by atoms with Gasteiger partial charge in [-0.1, -0.05) is 53.0 Å². The standard InChI is InChI=1S/C25H27Cl2N3O3/c1-3-33-25(32)18-5-4-10-29(14-18)24(31)15-30-22-13-20(27)19(26)12-21(22)28-23(30)11-17-8-6-16(2)7-9-17/h6-9,12-13,18H,3-5,10-11,14-15H2,1-2H3/t18-/m0/s1. The lowest BCUT2D eigenvalue weighted by Gasteiger charge is -2.31. The number of carbonyl (C=O) groups is 2. The van der Waals surface area contributed by atoms with Gasteiger partial charge in [-0.05, 0) is 44.4 Å². The van der Waals surface area contributed by atoms with Crippen LogP contribution in [0.5, 0.6) is 0 Å². The zero-order valence-electron chi connectivity index (χ0n) is 18.8. The average molecular weight is 488 g/mol. The number of ether oxygens (including phenoxy) is 1. The third-order valence-electron chi connectivity index (χ3n) is 6.04. The third kappa shape index (κ3) is 5.33. The molecule has 174 valence electrons. The van der Waals surface area contributed by atoms with Crippen LogP contribution in [0.4, 0.5) is 0 Å². The number of piperidine rings is 1. The second-order valence-corrected chi connectivity index (χ2v) is 9.28. The number of nitrogens with zero attached hydrogens (tertiary/aromatic N) is 3. The molecular formula is C25H27Cl2N3O3. The molecule has 0 N–H and O–H groups in total. The fraction of sp³-hybridized carbons (Fsp3) is 0.400. The number of amides is 1. The maximum Gasteiger partial charge on any atom is 0.310 e. The molecule has 8 heteroatoms. The lowest BCUT2D eigenvalue weighted by Crippen LogP contribution is -2.44. The molecular weight excluding hydrogens is 461 g/mol. The number of fused-ring (bicyclic) bond motifs is 1. The Morgan fingerprint density at radius 1 is 1.15 bits per heavy atom. The van der Waals surface area contributed by atoms with Gasteiger partial charge < -0.3 is 14.2 Å². The van der Waals surface area contributed by atoms with Crippen LogP contribution >= 0.6 is 23.2 Å². The molecule has 1 fully saturated rings. The Hall–Kier alpha value is -2.57. The van der Waals surface area contributed by atoms with Crippen LogP contribution in [0.25, 0.3) is 11.0 Å². The predicted octanol–water partition coefficient (Wildman–Crippen LogP) is 5.04. The van der Waals surface area contributed by atoms with E-state index in [4.69, 9.17) is 32.9 Å². The van der Waals surface area contributed by atoms with E-state index in [1.807, 2.05) is 11.5 Å². The smallest absolute Gasteiger partial charge is 0.310 e. The van der Waals surface area contributed by atoms with Crippen molar-refractivity contribution in [2.45, 2.75) is 39.7 Å². The molecule has 0 bridgehead atoms. The van der Waals surface area contributed by atoms with Gasteiger partial charge in [0.25, 0.3) is 0 Å². The van der Waals surface area contributed by atoms with E-state index in [-0.39, 0.29) is 24.3 Å². The van der Waals surface area contributed by atoms with Crippen LogP contribution in [-0.2, 0) is 27.3 Å². The number of imidazole rings is 1. The maximum absolute atomic E-state index is 13.3. The molecule has 1 aliphatic heterocycles. The van der Waals surface area contributed by atoms with Crippen molar-refractivity contribution in [1.82, 2.24) is 14.5 Å². The van der Waals surface area contributed by atoms with E-state index in [1.54, 1.807) is 24.0 Å². The topological polar surface area (TPSA) is 64.4 Å². The zero-order valence-corrected chi connectivity index (χ0v) is 20.3. The highest BCUT2D eigenvalue weighted by Gasteiger charge is 2.30. The van der Waals surface area contributed by atoms with E-state index in [0.29, 0.717) is 41.7 Å². The van der Waals surface area contributed by atoms with Gasteiger partial charge in [0.1, 0.15) is 12.4 Å². The van der Waals surface area contributed by atoms with Crippen molar-refractivity contribution in [3.8, 4) is 0 Å². The lowest BCUT2D eigenvalue weighted by molar-refractivity contribution is -0.151. The average Bonchev–Trinajstić information content (AvgIpc) is 3.11. The molecule has 2 aromatic carbocycles. The van der Waals surface area contributed by atoms with Gasteiger partial charge in [0, 0.05) is 19.5 Å². The van der Waals surface area contributed by atoms with Gasteiger partial charge in [-0.15, -0.1) is 0 Å². The van der Waals surface area contributed by atoms with Gasteiger partial charge in [0.05, 0.1) is 33.6 Å². The number of carbonyl (C=O) groups excluding carboxylic acids is 2. The van der Waals surface area contributed by atoms with Crippen molar-refractivity contribution < 1.29 is 14.3 Å². The quantitative estimate of drug-likeness (QED) is 0.456. The number of benzene rings is 2. The Morgan fingerprint density at radius 3 is 2.61 bits per heavy atom. The lowest BCUT2D eigenvalue weighted by atomic mass is 9.98. The van der Waals surface area contributed by atoms with Crippen molar-refractivity contribution in [3.05, 3.63) is 63.4 Å². The fourth-order valence-corrected chi connectivity index (χ4v) is 4.58. The fourth-order valence-electron chi connectivity index (χ4n) is 4.26. The molecule has 2 heterocycles. The summed E-state index contributed by atoms with van der Waals surface area (Å²) in [7, 11) is 0. The summed E-state index contributed by atoms with van der Waals surface area (Å²) >= 11 is 12.5. The summed E-state index contributed by atoms with van der Waals surface area (Å²) in [6.07, 6.45) is 2.09. The highest BCUT2D eigenvalue weighted by atomic mass is 35.5. The van der Waals surface area contributed by atoms with Gasteiger partial charge in [-0.3, -0.25) is 9.59 Å². The summed E-state index contributed by atoms with van der Waals surface area (Å²) in [6, 6.07) is 11.7. The summed E-state index contributed by atoms with van der Waals surface area (Å²) in [4.78, 5) is 32.0. The number of likely N-dealkylation sites (tertiary alicyclic amines) is 1. The first-order chi connectivity index (χ1) is 15.9. The summed E-state index contributed by atoms with van der Waals surface area (Å²) in [6.45, 7) is 5.30. The molecule has 0 spiro atoms. The van der Waals surface area contributed by atoms with Gasteiger partial charge in [-0.2, -0.15) is 0 Å². The summed E-state index contributed by atoms with van der Waals surface area (Å²) in [5.74, 6) is 0.200. The molecule has 4 rings (SSSR count). The molecule has 3 aromatic rings. The number of halogens is 2. The monoisotopic (exact) mass is 487 g/mol. The normalized spacial score (nSPS) is 16.2. The largest absolute Gasteiger partial charge is 0.466 e. The van der Waals surface area contributed by atoms with Gasteiger partial charge in [0.2, 0.25) is 5.91 Å². The van der Waals surface area contributed by atoms with Crippen LogP contribution in [0.3, 0.4) is 0 Å². The molecule has 1 aliphatic rings. The number of hydrogen-bond acceptors (Lipinski definition) is 4. The molecule has 1 aromatic heterocycles. The Labute approximate surface area is 203 Å². The summed E-state index contributed by atoms with van der Waals surface area (Å²) in [5.41, 5.74) is 3.74. The van der Waals surface area contributed by atoms with E-state index >= 15 is 0 Å². The second kappa shape index (κ2) is 10.1. The summed E-state index contributed by atoms with van der Waals surface area (Å²) < 4.78 is 7.08. The molecule has 1 saturated heterocycles. The van der Waals surface area contributed by atoms with Crippen LogP contribution in [0.1, 0.15) is 36.7 Å². The SMILES string of the molecule is CCOC(=O)[C@H]1CCCN(C(=O)Cn2c(Cc3ccc(C)cc3)nc3cc(Cl)c(Cl)cc32)C1. The Balaban J connectivity index is 1.62. The predicted molar refractivity (Wildman–Crippen MR) is 130 cm³/mol. The first-order valence-electron chi connectivity index (χ1n) is 11.2. The van der Waals surface area contributed by atoms with Crippen LogP contribution < -0.4 is 0 Å². The Bertz CT molecular complexity index is 1170. The third-order valence-corrected chi connectivity index (χ3v) is 6.76. The van der Waals surface area contributed by atoms with Crippen molar-refractivity contribution in [2.75, 3.05) is 19.7 Å². The van der Waals surface area contributed by atoms with Gasteiger partial charge in [-0.25, -0.2) is 4.98 Å². The molecule has 1 atom stereocenters. The first-order valence-corrected chi connectivity index (χ1v) is 12.0. The van der Waals surface area contributed by atoms with Crippen LogP contribution in [0, 0.1) is 12.8 Å². The summed E-state index contributed by atoms with van der Waals surface area (Å²) in [5, 5.41) is 0.843. The first kappa shape index (κ1) is 23.6. The molecule has 0 unspecified atom stereocenters. The van der Waals surface area contributed by atoms with Crippen molar-refractivity contribution in [2.24, 2.45) is 5.92 Å². The maximum atomic E-state index is 13.3. The number of hydrogen-bond donors (Lipinski definition) is 0. The molecule has 1 amide bonds. The van der Waals surface area contributed by atoms with Crippen molar-refractivity contribution in [1.29, 1.82) is 0 Å². The van der Waals surface area contributed by atoms with E-state index in [9.17, 15) is 9.59 Å². The highest BCUT2D eigenvalue weighted by molar-refractivity contribution is 6.42. The minimum absolute atomic E-state index is 0.0560. The van der Waals surface area contributed by atoms with Crippen LogP contribution in [0.15, 0.2) is 36.4 Å². The Kier molecular flexibility index (Phi) is 7.25. The highest BCUT2D eigenvalue weighted by Crippen LogP contribution is 2.29. The van der Waals surface area contributed by atoms with Crippen LogP contribution in [-0.4, -0.2) is 46.0 Å². The number of rotatable bonds is 6. The number of aromatic nitrogens is 2. The van der Waals surface area contributed by atoms with E-state index < -0.39 is 0 Å². The number of esters is 1. The number of aryl methyl sites for hydroxylation is 1. The van der Waals surface area contributed by atoms with Gasteiger partial charge in [0.15, 0.2) is 0 Å². The van der Waals surface area contributed by atoms with E-state index in [1.165, 1.54) is 5.56 Å². The molecule has 6 nitrogen and oxygen atoms in total. The van der Waals surface area contributed by atoms with Gasteiger partial charge >= 0.3 is 5.97 Å². The van der Waals surface area contributed by atoms with E-state index in [2.05, 4.69) is 24.3 Å². The van der Waals surface area contributed by atoms with Crippen molar-refractivity contribution >= 4 is 46.1 Å².